The highest BCUT2D eigenvalue weighted by Crippen LogP contribution is 2.28. The SMILES string of the molecule is CCOC(CO[C@@H]1CCC[C@H](OCc2nc(-c3ccc(C(C)C)cc3)oc2CC)C1)C(=O)O. The van der Waals surface area contributed by atoms with Crippen LogP contribution in [0.5, 0.6) is 0 Å². The molecule has 1 unspecified atom stereocenters. The minimum absolute atomic E-state index is 0.0240. The molecule has 2 aromatic rings. The maximum atomic E-state index is 11.3. The highest BCUT2D eigenvalue weighted by molar-refractivity contribution is 5.72. The molecule has 7 heteroatoms. The van der Waals surface area contributed by atoms with Crippen molar-refractivity contribution in [2.24, 2.45) is 0 Å². The minimum Gasteiger partial charge on any atom is -0.479 e. The molecule has 0 aliphatic heterocycles. The van der Waals surface area contributed by atoms with E-state index in [9.17, 15) is 9.90 Å². The van der Waals surface area contributed by atoms with Crippen LogP contribution in [0.4, 0.5) is 0 Å². The van der Waals surface area contributed by atoms with Crippen molar-refractivity contribution in [2.75, 3.05) is 13.2 Å². The third-order valence-electron chi connectivity index (χ3n) is 6.08. The number of aliphatic carboxylic acids is 1. The average molecular weight is 460 g/mol. The van der Waals surface area contributed by atoms with E-state index in [-0.39, 0.29) is 18.8 Å². The monoisotopic (exact) mass is 459 g/mol. The van der Waals surface area contributed by atoms with E-state index >= 15 is 0 Å². The van der Waals surface area contributed by atoms with E-state index in [1.165, 1.54) is 5.56 Å². The summed E-state index contributed by atoms with van der Waals surface area (Å²) in [4.78, 5) is 16.0. The minimum atomic E-state index is -0.992. The molecule has 1 aliphatic rings. The molecule has 182 valence electrons. The molecular weight excluding hydrogens is 422 g/mol. The van der Waals surface area contributed by atoms with Gasteiger partial charge >= 0.3 is 5.97 Å². The predicted octanol–water partition coefficient (Wildman–Crippen LogP) is 5.36. The second-order valence-corrected chi connectivity index (χ2v) is 8.86. The summed E-state index contributed by atoms with van der Waals surface area (Å²) >= 11 is 0. The van der Waals surface area contributed by atoms with E-state index in [0.29, 0.717) is 25.0 Å². The topological polar surface area (TPSA) is 91.0 Å². The smallest absolute Gasteiger partial charge is 0.335 e. The Hall–Kier alpha value is -2.22. The largest absolute Gasteiger partial charge is 0.479 e. The van der Waals surface area contributed by atoms with Gasteiger partial charge in [0.15, 0.2) is 6.10 Å². The molecule has 3 rings (SSSR count). The first-order valence-corrected chi connectivity index (χ1v) is 12.1. The highest BCUT2D eigenvalue weighted by Gasteiger charge is 2.26. The van der Waals surface area contributed by atoms with Crippen LogP contribution < -0.4 is 0 Å². The zero-order valence-electron chi connectivity index (χ0n) is 20.2. The average Bonchev–Trinajstić information content (AvgIpc) is 3.24. The standard InChI is InChI=1S/C26H37NO6/c1-5-23-22(27-25(33-23)19-12-10-18(11-13-19)17(3)4)15-31-20-8-7-9-21(14-20)32-16-24(26(28)29)30-6-2/h10-13,17,20-21,24H,5-9,14-16H2,1-4H3,(H,28,29)/t20-,21+,24?/m0/s1. The van der Waals surface area contributed by atoms with Gasteiger partial charge in [0.25, 0.3) is 0 Å². The fourth-order valence-electron chi connectivity index (χ4n) is 4.12. The first-order chi connectivity index (χ1) is 15.9. The van der Waals surface area contributed by atoms with Gasteiger partial charge in [-0.1, -0.05) is 32.9 Å². The Labute approximate surface area is 196 Å². The van der Waals surface area contributed by atoms with Crippen LogP contribution in [0.3, 0.4) is 0 Å². The van der Waals surface area contributed by atoms with Gasteiger partial charge in [0.2, 0.25) is 5.89 Å². The van der Waals surface area contributed by atoms with Crippen LogP contribution >= 0.6 is 0 Å². The Kier molecular flexibility index (Phi) is 9.47. The van der Waals surface area contributed by atoms with Crippen LogP contribution in [-0.2, 0) is 32.0 Å². The maximum Gasteiger partial charge on any atom is 0.335 e. The number of aromatic nitrogens is 1. The van der Waals surface area contributed by atoms with Crippen LogP contribution in [0.2, 0.25) is 0 Å². The van der Waals surface area contributed by atoms with Gasteiger partial charge in [0.05, 0.1) is 25.4 Å². The Bertz CT molecular complexity index is 875. The highest BCUT2D eigenvalue weighted by atomic mass is 16.6. The Morgan fingerprint density at radius 2 is 1.85 bits per heavy atom. The first kappa shape index (κ1) is 25.4. The molecule has 0 radical (unpaired) electrons. The molecule has 1 fully saturated rings. The molecule has 1 aromatic heterocycles. The Morgan fingerprint density at radius 1 is 1.15 bits per heavy atom. The van der Waals surface area contributed by atoms with Crippen molar-refractivity contribution in [1.29, 1.82) is 0 Å². The number of rotatable bonds is 12. The number of hydrogen-bond donors (Lipinski definition) is 1. The van der Waals surface area contributed by atoms with Crippen molar-refractivity contribution in [3.05, 3.63) is 41.3 Å². The fraction of sp³-hybridized carbons (Fsp3) is 0.615. The summed E-state index contributed by atoms with van der Waals surface area (Å²) in [5.41, 5.74) is 3.09. The number of carbonyl (C=O) groups is 1. The van der Waals surface area contributed by atoms with Gasteiger partial charge in [-0.25, -0.2) is 9.78 Å². The molecule has 1 aromatic carbocycles. The van der Waals surface area contributed by atoms with Gasteiger partial charge in [0, 0.05) is 18.6 Å². The lowest BCUT2D eigenvalue weighted by Crippen LogP contribution is -2.34. The molecule has 1 saturated carbocycles. The van der Waals surface area contributed by atoms with E-state index < -0.39 is 12.1 Å². The zero-order valence-corrected chi connectivity index (χ0v) is 20.2. The number of carboxylic acids is 1. The number of oxazole rings is 1. The molecule has 0 amide bonds. The van der Waals surface area contributed by atoms with Crippen molar-refractivity contribution in [2.45, 2.75) is 90.6 Å². The van der Waals surface area contributed by atoms with Crippen molar-refractivity contribution < 1.29 is 28.5 Å². The van der Waals surface area contributed by atoms with Gasteiger partial charge in [-0.2, -0.15) is 0 Å². The number of benzene rings is 1. The Balaban J connectivity index is 1.56. The molecule has 1 aliphatic carbocycles. The number of nitrogens with zero attached hydrogens (tertiary/aromatic N) is 1. The van der Waals surface area contributed by atoms with Crippen LogP contribution in [0, 0.1) is 0 Å². The summed E-state index contributed by atoms with van der Waals surface area (Å²) in [6.07, 6.45) is 3.43. The lowest BCUT2D eigenvalue weighted by Gasteiger charge is -2.29. The quantitative estimate of drug-likeness (QED) is 0.457. The van der Waals surface area contributed by atoms with E-state index in [4.69, 9.17) is 23.6 Å². The van der Waals surface area contributed by atoms with E-state index in [0.717, 1.165) is 49.1 Å². The van der Waals surface area contributed by atoms with Crippen LogP contribution in [0.15, 0.2) is 28.7 Å². The second-order valence-electron chi connectivity index (χ2n) is 8.86. The van der Waals surface area contributed by atoms with Crippen molar-refractivity contribution in [1.82, 2.24) is 4.98 Å². The van der Waals surface area contributed by atoms with E-state index in [1.54, 1.807) is 6.92 Å². The normalized spacial score (nSPS) is 19.7. The molecule has 0 bridgehead atoms. The second kappa shape index (κ2) is 12.3. The van der Waals surface area contributed by atoms with Crippen LogP contribution in [-0.4, -0.2) is 47.6 Å². The molecule has 1 N–H and O–H groups in total. The summed E-state index contributed by atoms with van der Waals surface area (Å²) in [7, 11) is 0. The third-order valence-corrected chi connectivity index (χ3v) is 6.08. The van der Waals surface area contributed by atoms with Gasteiger partial charge < -0.3 is 23.7 Å². The number of ether oxygens (including phenoxy) is 3. The summed E-state index contributed by atoms with van der Waals surface area (Å²) in [6.45, 7) is 8.98. The summed E-state index contributed by atoms with van der Waals surface area (Å²) < 4.78 is 23.3. The maximum absolute atomic E-state index is 11.3. The van der Waals surface area contributed by atoms with Crippen LogP contribution in [0.25, 0.3) is 11.5 Å². The van der Waals surface area contributed by atoms with Crippen molar-refractivity contribution >= 4 is 5.97 Å². The number of hydrogen-bond acceptors (Lipinski definition) is 6. The van der Waals surface area contributed by atoms with E-state index in [1.807, 2.05) is 0 Å². The first-order valence-electron chi connectivity index (χ1n) is 12.1. The number of carboxylic acid groups (broad SMARTS) is 1. The zero-order chi connectivity index (χ0) is 23.8. The van der Waals surface area contributed by atoms with Gasteiger partial charge in [-0.15, -0.1) is 0 Å². The Morgan fingerprint density at radius 3 is 2.45 bits per heavy atom. The molecule has 0 saturated heterocycles. The lowest BCUT2D eigenvalue weighted by molar-refractivity contribution is -0.157. The molecule has 0 spiro atoms. The van der Waals surface area contributed by atoms with Gasteiger partial charge in [-0.3, -0.25) is 0 Å². The molecule has 1 heterocycles. The third kappa shape index (κ3) is 7.13. The fourth-order valence-corrected chi connectivity index (χ4v) is 4.12. The van der Waals surface area contributed by atoms with Crippen molar-refractivity contribution in [3.8, 4) is 11.5 Å². The van der Waals surface area contributed by atoms with Gasteiger partial charge in [0.1, 0.15) is 11.5 Å². The lowest BCUT2D eigenvalue weighted by atomic mass is 9.95. The molecule has 3 atom stereocenters. The van der Waals surface area contributed by atoms with E-state index in [2.05, 4.69) is 45.0 Å². The number of aryl methyl sites for hydroxylation is 1. The predicted molar refractivity (Wildman–Crippen MR) is 125 cm³/mol. The summed E-state index contributed by atoms with van der Waals surface area (Å²) in [6, 6.07) is 8.35. The summed E-state index contributed by atoms with van der Waals surface area (Å²) in [5, 5.41) is 9.22. The molecule has 7 nitrogen and oxygen atoms in total. The van der Waals surface area contributed by atoms with Crippen LogP contribution in [0.1, 0.15) is 76.3 Å². The summed E-state index contributed by atoms with van der Waals surface area (Å²) in [5.74, 6) is 0.966. The molecular formula is C26H37NO6. The van der Waals surface area contributed by atoms with Crippen molar-refractivity contribution in [3.63, 3.8) is 0 Å². The van der Waals surface area contributed by atoms with Gasteiger partial charge in [-0.05, 0) is 56.2 Å². The molecule has 33 heavy (non-hydrogen) atoms.